The number of aldehydes is 1. The maximum absolute atomic E-state index is 11.2. The van der Waals surface area contributed by atoms with E-state index in [1.807, 2.05) is 11.5 Å². The highest BCUT2D eigenvalue weighted by atomic mass is 79.9. The maximum atomic E-state index is 11.2. The van der Waals surface area contributed by atoms with Crippen LogP contribution < -0.4 is 0 Å². The Balaban J connectivity index is 2.66. The van der Waals surface area contributed by atoms with Crippen molar-refractivity contribution in [3.63, 3.8) is 0 Å². The van der Waals surface area contributed by atoms with Crippen LogP contribution in [-0.4, -0.2) is 35.5 Å². The van der Waals surface area contributed by atoms with Gasteiger partial charge in [-0.05, 0) is 22.9 Å². The molecule has 0 amide bonds. The second-order valence-corrected chi connectivity index (χ2v) is 11.7. The average Bonchev–Trinajstić information content (AvgIpc) is 2.72. The second-order valence-electron chi connectivity index (χ2n) is 5.65. The van der Waals surface area contributed by atoms with Crippen molar-refractivity contribution >= 4 is 41.5 Å². The second kappa shape index (κ2) is 5.75. The zero-order chi connectivity index (χ0) is 14.9. The molecule has 2 heterocycles. The molecule has 0 fully saturated rings. The molecule has 0 aliphatic rings. The molecule has 1 atom stereocenters. The molecular weight excluding hydrogens is 338 g/mol. The highest BCUT2D eigenvalue weighted by molar-refractivity contribution is 9.10. The first kappa shape index (κ1) is 15.3. The third-order valence-corrected chi connectivity index (χ3v) is 5.27. The summed E-state index contributed by atoms with van der Waals surface area (Å²) >= 11 is 3.29. The molecule has 0 aliphatic heterocycles. The van der Waals surface area contributed by atoms with E-state index in [4.69, 9.17) is 4.74 Å². The number of ether oxygens (including phenoxy) is 1. The first-order valence-corrected chi connectivity index (χ1v) is 10.9. The molecule has 20 heavy (non-hydrogen) atoms. The predicted molar refractivity (Wildman–Crippen MR) is 84.6 cm³/mol. The monoisotopic (exact) mass is 355 g/mol. The minimum atomic E-state index is -1.63. The van der Waals surface area contributed by atoms with Crippen molar-refractivity contribution in [3.05, 3.63) is 22.6 Å². The van der Waals surface area contributed by atoms with Crippen molar-refractivity contribution in [1.29, 1.82) is 0 Å². The Morgan fingerprint density at radius 1 is 1.50 bits per heavy atom. The summed E-state index contributed by atoms with van der Waals surface area (Å²) in [6.45, 7) is 9.28. The van der Waals surface area contributed by atoms with Crippen LogP contribution in [0.2, 0.25) is 19.6 Å². The van der Waals surface area contributed by atoms with Gasteiger partial charge in [0.2, 0.25) is 0 Å². The number of carbonyl (C=O) groups is 1. The number of carbonyl (C=O) groups excluding carboxylic acids is 1. The summed E-state index contributed by atoms with van der Waals surface area (Å²) in [4.78, 5) is 20.0. The highest BCUT2D eigenvalue weighted by Gasteiger charge is 2.31. The first-order chi connectivity index (χ1) is 9.38. The fourth-order valence-electron chi connectivity index (χ4n) is 2.19. The number of aromatic nitrogens is 3. The van der Waals surface area contributed by atoms with E-state index >= 15 is 0 Å². The van der Waals surface area contributed by atoms with E-state index in [0.717, 1.165) is 6.29 Å². The lowest BCUT2D eigenvalue weighted by Gasteiger charge is -2.30. The molecule has 2 aromatic rings. The summed E-state index contributed by atoms with van der Waals surface area (Å²) < 4.78 is 8.49. The van der Waals surface area contributed by atoms with Gasteiger partial charge >= 0.3 is 0 Å². The van der Waals surface area contributed by atoms with E-state index in [1.54, 1.807) is 12.4 Å². The molecule has 0 aromatic carbocycles. The molecule has 5 nitrogen and oxygen atoms in total. The number of nitrogens with zero attached hydrogens (tertiary/aromatic N) is 3. The Labute approximate surface area is 127 Å². The lowest BCUT2D eigenvalue weighted by molar-refractivity contribution is 0.0664. The van der Waals surface area contributed by atoms with Gasteiger partial charge < -0.3 is 9.30 Å². The van der Waals surface area contributed by atoms with Crippen molar-refractivity contribution in [1.82, 2.24) is 14.5 Å². The third kappa shape index (κ3) is 2.84. The fourth-order valence-corrected chi connectivity index (χ4v) is 4.16. The van der Waals surface area contributed by atoms with E-state index < -0.39 is 8.07 Å². The minimum absolute atomic E-state index is 0.0702. The van der Waals surface area contributed by atoms with Crippen molar-refractivity contribution in [3.8, 4) is 0 Å². The maximum Gasteiger partial charge on any atom is 0.161 e. The summed E-state index contributed by atoms with van der Waals surface area (Å²) in [5, 5.41) is 0. The van der Waals surface area contributed by atoms with Crippen LogP contribution in [-0.2, 0) is 4.74 Å². The molecule has 7 heteroatoms. The Morgan fingerprint density at radius 2 is 2.20 bits per heavy atom. The van der Waals surface area contributed by atoms with Crippen LogP contribution in [0.25, 0.3) is 11.2 Å². The van der Waals surface area contributed by atoms with Gasteiger partial charge in [-0.25, -0.2) is 9.97 Å². The van der Waals surface area contributed by atoms with Crippen molar-refractivity contribution < 1.29 is 9.53 Å². The molecule has 1 unspecified atom stereocenters. The van der Waals surface area contributed by atoms with Crippen LogP contribution in [0.3, 0.4) is 0 Å². The van der Waals surface area contributed by atoms with Crippen LogP contribution in [0.5, 0.6) is 0 Å². The van der Waals surface area contributed by atoms with Gasteiger partial charge in [-0.1, -0.05) is 19.6 Å². The predicted octanol–water partition coefficient (Wildman–Crippen LogP) is 3.42. The SMILES string of the molecule is CCOC(n1cc(C=O)c2nc(Br)cnc21)[Si](C)(C)C. The van der Waals surface area contributed by atoms with E-state index in [2.05, 4.69) is 45.5 Å². The summed E-state index contributed by atoms with van der Waals surface area (Å²) in [6.07, 6.45) is 4.25. The van der Waals surface area contributed by atoms with Gasteiger partial charge in [0.05, 0.1) is 11.8 Å². The molecule has 0 aliphatic carbocycles. The lowest BCUT2D eigenvalue weighted by Crippen LogP contribution is -2.37. The lowest BCUT2D eigenvalue weighted by atomic mass is 10.3. The van der Waals surface area contributed by atoms with Gasteiger partial charge in [-0.15, -0.1) is 0 Å². The van der Waals surface area contributed by atoms with Gasteiger partial charge in [0.25, 0.3) is 0 Å². The quantitative estimate of drug-likeness (QED) is 0.609. The third-order valence-electron chi connectivity index (χ3n) is 2.96. The number of rotatable bonds is 5. The first-order valence-electron chi connectivity index (χ1n) is 6.48. The van der Waals surface area contributed by atoms with Crippen LogP contribution in [0.1, 0.15) is 23.1 Å². The standard InChI is InChI=1S/C13H18BrN3O2Si/c1-5-19-13(20(2,3)4)17-7-9(8-18)11-12(17)15-6-10(14)16-11/h6-8,13H,5H2,1-4H3. The fraction of sp³-hybridized carbons (Fsp3) is 0.462. The van der Waals surface area contributed by atoms with Gasteiger partial charge in [0.1, 0.15) is 24.0 Å². The van der Waals surface area contributed by atoms with Gasteiger partial charge in [-0.3, -0.25) is 4.79 Å². The highest BCUT2D eigenvalue weighted by Crippen LogP contribution is 2.28. The number of hydrogen-bond donors (Lipinski definition) is 0. The van der Waals surface area contributed by atoms with Crippen molar-refractivity contribution in [2.45, 2.75) is 32.4 Å². The summed E-state index contributed by atoms with van der Waals surface area (Å²) in [7, 11) is -1.63. The average molecular weight is 356 g/mol. The molecule has 0 spiro atoms. The zero-order valence-electron chi connectivity index (χ0n) is 12.1. The van der Waals surface area contributed by atoms with E-state index in [-0.39, 0.29) is 5.85 Å². The van der Waals surface area contributed by atoms with Crippen LogP contribution in [0.4, 0.5) is 0 Å². The van der Waals surface area contributed by atoms with E-state index in [1.165, 1.54) is 0 Å². The van der Waals surface area contributed by atoms with E-state index in [9.17, 15) is 4.79 Å². The molecule has 0 N–H and O–H groups in total. The molecule has 108 valence electrons. The van der Waals surface area contributed by atoms with Gasteiger partial charge in [0, 0.05) is 12.8 Å². The molecule has 0 saturated carbocycles. The molecule has 0 saturated heterocycles. The summed E-state index contributed by atoms with van der Waals surface area (Å²) in [6, 6.07) is 0. The minimum Gasteiger partial charge on any atom is -0.362 e. The van der Waals surface area contributed by atoms with Crippen molar-refractivity contribution in [2.24, 2.45) is 0 Å². The normalized spacial score (nSPS) is 13.7. The molecular formula is C13H18BrN3O2Si. The molecule has 0 bridgehead atoms. The summed E-state index contributed by atoms with van der Waals surface area (Å²) in [5.41, 5.74) is 1.84. The molecule has 2 rings (SSSR count). The smallest absolute Gasteiger partial charge is 0.161 e. The van der Waals surface area contributed by atoms with Crippen LogP contribution in [0, 0.1) is 0 Å². The Morgan fingerprint density at radius 3 is 2.75 bits per heavy atom. The van der Waals surface area contributed by atoms with Crippen LogP contribution in [0.15, 0.2) is 17.0 Å². The molecule has 0 radical (unpaired) electrons. The Kier molecular flexibility index (Phi) is 4.41. The van der Waals surface area contributed by atoms with Gasteiger partial charge in [0.15, 0.2) is 11.9 Å². The van der Waals surface area contributed by atoms with Gasteiger partial charge in [-0.2, -0.15) is 0 Å². The van der Waals surface area contributed by atoms with E-state index in [0.29, 0.717) is 27.9 Å². The van der Waals surface area contributed by atoms with Crippen molar-refractivity contribution in [2.75, 3.05) is 6.61 Å². The Hall–Kier alpha value is -1.05. The number of halogens is 1. The Bertz CT molecular complexity index is 636. The number of fused-ring (bicyclic) bond motifs is 1. The number of hydrogen-bond acceptors (Lipinski definition) is 4. The largest absolute Gasteiger partial charge is 0.362 e. The zero-order valence-corrected chi connectivity index (χ0v) is 14.6. The summed E-state index contributed by atoms with van der Waals surface area (Å²) in [5.74, 6) is -0.0702. The molecule has 2 aromatic heterocycles. The van der Waals surface area contributed by atoms with Crippen LogP contribution >= 0.6 is 15.9 Å². The topological polar surface area (TPSA) is 57.0 Å².